The number of unbranched alkanes of at least 4 members (excludes halogenated alkanes) is 9. The molecule has 16 heteroatoms. The fraction of sp³-hybridized carbons (Fsp3) is 0.426. The first kappa shape index (κ1) is 49.3. The Bertz CT molecular complexity index is 2260. The van der Waals surface area contributed by atoms with Crippen LogP contribution in [-0.4, -0.2) is 49.1 Å². The molecule has 0 aromatic heterocycles. The zero-order chi connectivity index (χ0) is 45.7. The number of rotatable bonds is 21. The van der Waals surface area contributed by atoms with Crippen LogP contribution in [-0.2, 0) is 15.0 Å². The molecular formula is C47H56Cl4N6O6. The quantitative estimate of drug-likeness (QED) is 0.0557. The Labute approximate surface area is 390 Å². The van der Waals surface area contributed by atoms with Gasteiger partial charge in [0.05, 0.1) is 40.7 Å². The maximum Gasteiger partial charge on any atom is 0.280 e. The average molecular weight is 943 g/mol. The number of aromatic hydroxyl groups is 1. The third kappa shape index (κ3) is 13.6. The lowest BCUT2D eigenvalue weighted by molar-refractivity contribution is -0.123. The highest BCUT2D eigenvalue weighted by molar-refractivity contribution is 6.43. The van der Waals surface area contributed by atoms with Crippen LogP contribution in [0, 0.1) is 0 Å². The fourth-order valence-electron chi connectivity index (χ4n) is 7.03. The van der Waals surface area contributed by atoms with Crippen molar-refractivity contribution in [3.8, 4) is 23.0 Å². The second kappa shape index (κ2) is 23.3. The van der Waals surface area contributed by atoms with E-state index in [0.717, 1.165) is 30.7 Å². The number of hydrazine groups is 1. The fourth-order valence-corrected chi connectivity index (χ4v) is 8.17. The normalized spacial score (nSPS) is 15.2. The lowest BCUT2D eigenvalue weighted by Crippen LogP contribution is -2.36. The summed E-state index contributed by atoms with van der Waals surface area (Å²) in [7, 11) is 3.01. The Balaban J connectivity index is 1.41. The third-order valence-corrected chi connectivity index (χ3v) is 11.5. The van der Waals surface area contributed by atoms with Crippen molar-refractivity contribution in [2.75, 3.05) is 24.5 Å². The van der Waals surface area contributed by atoms with Gasteiger partial charge in [-0.25, -0.2) is 10.0 Å². The number of nitrogens with zero attached hydrogens (tertiary/aromatic N) is 4. The first-order valence-corrected chi connectivity index (χ1v) is 22.7. The number of methoxy groups -OCH3 is 2. The standard InChI is InChI=1S/C47H56Cl4N6O6/c1-7-8-9-10-11-12-13-14-15-16-17-40(63-32-20-22-38(58)33(28-32)47(2,3)4)45(59)52-30-18-21-34(49)37(26-30)53-44-42(55-54-31-19-23-39(61-5)41(27-31)62-6)46(60)57(56-44)43-35(50)24-29(48)25-36(43)51/h18-28,40,42,58H,7-17H2,1-6H3,(H,52,59)(H,53,56)/t40-,42-/m1/s1. The monoisotopic (exact) mass is 940 g/mol. The van der Waals surface area contributed by atoms with Gasteiger partial charge in [-0.1, -0.05) is 132 Å². The molecule has 0 bridgehead atoms. The van der Waals surface area contributed by atoms with Gasteiger partial charge in [0.15, 0.2) is 23.4 Å². The van der Waals surface area contributed by atoms with E-state index in [1.807, 2.05) is 20.8 Å². The molecule has 0 spiro atoms. The Morgan fingerprint density at radius 2 is 1.48 bits per heavy atom. The van der Waals surface area contributed by atoms with E-state index in [2.05, 4.69) is 27.9 Å². The number of phenols is 1. The number of anilines is 2. The number of benzene rings is 4. The van der Waals surface area contributed by atoms with E-state index in [9.17, 15) is 14.7 Å². The highest BCUT2D eigenvalue weighted by Gasteiger charge is 2.41. The molecule has 2 amide bonds. The van der Waals surface area contributed by atoms with E-state index in [1.54, 1.807) is 54.6 Å². The minimum Gasteiger partial charge on any atom is -0.508 e. The number of hydrogen-bond donors (Lipinski definition) is 3. The first-order chi connectivity index (χ1) is 30.1. The van der Waals surface area contributed by atoms with Crippen molar-refractivity contribution in [1.29, 1.82) is 0 Å². The lowest BCUT2D eigenvalue weighted by atomic mass is 9.86. The van der Waals surface area contributed by atoms with Gasteiger partial charge in [-0.05, 0) is 78.9 Å². The molecule has 1 aliphatic heterocycles. The number of ether oxygens (including phenoxy) is 3. The van der Waals surface area contributed by atoms with Gasteiger partial charge in [0.1, 0.15) is 17.2 Å². The first-order valence-electron chi connectivity index (χ1n) is 21.2. The summed E-state index contributed by atoms with van der Waals surface area (Å²) < 4.78 is 17.1. The van der Waals surface area contributed by atoms with E-state index in [4.69, 9.17) is 65.6 Å². The number of carbonyl (C=O) groups is 2. The van der Waals surface area contributed by atoms with Crippen molar-refractivity contribution >= 4 is 86.8 Å². The van der Waals surface area contributed by atoms with Crippen LogP contribution in [0.3, 0.4) is 0 Å². The molecule has 3 N–H and O–H groups in total. The number of halogens is 4. The molecule has 4 aromatic carbocycles. The summed E-state index contributed by atoms with van der Waals surface area (Å²) in [5.74, 6) is 0.617. The molecule has 63 heavy (non-hydrogen) atoms. The van der Waals surface area contributed by atoms with Crippen LogP contribution in [0.2, 0.25) is 20.1 Å². The van der Waals surface area contributed by atoms with Crippen LogP contribution in [0.15, 0.2) is 82.0 Å². The molecular weight excluding hydrogens is 886 g/mol. The maximum absolute atomic E-state index is 14.1. The number of hydrogen-bond acceptors (Lipinski definition) is 9. The second-order valence-corrected chi connectivity index (χ2v) is 18.0. The number of phenolic OH excluding ortho intramolecular Hbond substituents is 1. The zero-order valence-corrected chi connectivity index (χ0v) is 39.6. The van der Waals surface area contributed by atoms with Gasteiger partial charge in [0.2, 0.25) is 6.04 Å². The number of amidine groups is 1. The molecule has 2 atom stereocenters. The van der Waals surface area contributed by atoms with Crippen LogP contribution >= 0.6 is 46.4 Å². The van der Waals surface area contributed by atoms with Crippen LogP contribution in [0.4, 0.5) is 22.7 Å². The van der Waals surface area contributed by atoms with Crippen molar-refractivity contribution in [2.24, 2.45) is 15.2 Å². The van der Waals surface area contributed by atoms with E-state index < -0.39 is 18.1 Å². The summed E-state index contributed by atoms with van der Waals surface area (Å²) in [6, 6.07) is 16.4. The topological polar surface area (TPSA) is 146 Å². The highest BCUT2D eigenvalue weighted by Crippen LogP contribution is 2.39. The molecule has 0 aliphatic carbocycles. The smallest absolute Gasteiger partial charge is 0.280 e. The molecule has 1 heterocycles. The van der Waals surface area contributed by atoms with Gasteiger partial charge in [-0.15, -0.1) is 0 Å². The lowest BCUT2D eigenvalue weighted by Gasteiger charge is -2.23. The molecule has 338 valence electrons. The Morgan fingerprint density at radius 3 is 2.11 bits per heavy atom. The van der Waals surface area contributed by atoms with E-state index in [0.29, 0.717) is 40.6 Å². The van der Waals surface area contributed by atoms with Gasteiger partial charge in [-0.2, -0.15) is 10.2 Å². The molecule has 5 rings (SSSR count). The van der Waals surface area contributed by atoms with Gasteiger partial charge in [0, 0.05) is 22.3 Å². The molecule has 1 saturated heterocycles. The summed E-state index contributed by atoms with van der Waals surface area (Å²) in [4.78, 5) is 32.9. The van der Waals surface area contributed by atoms with Gasteiger partial charge in [0.25, 0.3) is 11.8 Å². The molecule has 1 fully saturated rings. The Morgan fingerprint density at radius 1 is 0.825 bits per heavy atom. The third-order valence-electron chi connectivity index (χ3n) is 10.4. The second-order valence-electron chi connectivity index (χ2n) is 16.3. The summed E-state index contributed by atoms with van der Waals surface area (Å²) >= 11 is 26.0. The molecule has 0 saturated carbocycles. The van der Waals surface area contributed by atoms with E-state index >= 15 is 0 Å². The number of aliphatic imine (C=N–C) groups is 1. The predicted molar refractivity (Wildman–Crippen MR) is 255 cm³/mol. The van der Waals surface area contributed by atoms with Crippen molar-refractivity contribution < 1.29 is 28.9 Å². The minimum atomic E-state index is -1.31. The predicted octanol–water partition coefficient (Wildman–Crippen LogP) is 13.8. The molecule has 1 aliphatic rings. The number of carbonyl (C=O) groups excluding carboxylic acids is 2. The number of azo groups is 1. The molecule has 12 nitrogen and oxygen atoms in total. The SMILES string of the molecule is CCCCCCCCCCCC[C@@H](Oc1ccc(O)c(C(C)(C)C)c1)C(=O)Nc1ccc(Cl)c(N=C2NN(c3c(Cl)cc(Cl)cc3Cl)C(=O)[C@@H]2N=Nc2ccc(OC)c(OC)c2)c1. The number of amides is 2. The number of nitrogens with one attached hydrogen (secondary N) is 2. The minimum absolute atomic E-state index is 0.0424. The summed E-state index contributed by atoms with van der Waals surface area (Å²) in [5, 5.41) is 24.1. The van der Waals surface area contributed by atoms with Gasteiger partial charge in [-0.3, -0.25) is 15.0 Å². The van der Waals surface area contributed by atoms with E-state index in [1.165, 1.54) is 64.9 Å². The van der Waals surface area contributed by atoms with Gasteiger partial charge >= 0.3 is 0 Å². The van der Waals surface area contributed by atoms with E-state index in [-0.39, 0.29) is 54.4 Å². The van der Waals surface area contributed by atoms with Crippen LogP contribution in [0.1, 0.15) is 104 Å². The summed E-state index contributed by atoms with van der Waals surface area (Å²) in [6.45, 7) is 8.23. The Kier molecular flexibility index (Phi) is 18.2. The van der Waals surface area contributed by atoms with Gasteiger partial charge < -0.3 is 24.6 Å². The largest absolute Gasteiger partial charge is 0.508 e. The van der Waals surface area contributed by atoms with Crippen LogP contribution in [0.25, 0.3) is 0 Å². The molecule has 0 radical (unpaired) electrons. The molecule has 0 unspecified atom stereocenters. The van der Waals surface area contributed by atoms with Crippen molar-refractivity contribution in [2.45, 2.75) is 116 Å². The maximum atomic E-state index is 14.1. The van der Waals surface area contributed by atoms with Crippen molar-refractivity contribution in [1.82, 2.24) is 5.43 Å². The summed E-state index contributed by atoms with van der Waals surface area (Å²) in [5.41, 5.74) is 4.44. The van der Waals surface area contributed by atoms with Crippen LogP contribution < -0.4 is 30.0 Å². The van der Waals surface area contributed by atoms with Crippen molar-refractivity contribution in [3.63, 3.8) is 0 Å². The zero-order valence-electron chi connectivity index (χ0n) is 36.6. The Hall–Kier alpha value is -4.75. The molecule has 4 aromatic rings. The van der Waals surface area contributed by atoms with Crippen LogP contribution in [0.5, 0.6) is 23.0 Å². The van der Waals surface area contributed by atoms with Crippen molar-refractivity contribution in [3.05, 3.63) is 92.4 Å². The highest BCUT2D eigenvalue weighted by atomic mass is 35.5. The average Bonchev–Trinajstić information content (AvgIpc) is 3.53. The summed E-state index contributed by atoms with van der Waals surface area (Å²) in [6.07, 6.45) is 11.2.